The maximum absolute atomic E-state index is 13.4. The van der Waals surface area contributed by atoms with Gasteiger partial charge in [-0.1, -0.05) is 37.3 Å². The molecule has 1 atom stereocenters. The van der Waals surface area contributed by atoms with E-state index in [1.807, 2.05) is 55.3 Å². The smallest absolute Gasteiger partial charge is 0.252 e. The number of aromatic nitrogens is 3. The Morgan fingerprint density at radius 3 is 2.47 bits per heavy atom. The highest BCUT2D eigenvalue weighted by atomic mass is 16.2. The molecule has 3 heterocycles. The van der Waals surface area contributed by atoms with E-state index in [0.717, 1.165) is 60.1 Å². The Morgan fingerprint density at radius 1 is 1.12 bits per heavy atom. The predicted octanol–water partition coefficient (Wildman–Crippen LogP) is 4.07. The molecule has 1 N–H and O–H groups in total. The molecule has 1 aliphatic carbocycles. The fourth-order valence-corrected chi connectivity index (χ4v) is 5.20. The Kier molecular flexibility index (Phi) is 6.11. The van der Waals surface area contributed by atoms with Gasteiger partial charge in [-0.15, -0.1) is 0 Å². The molecule has 1 aliphatic heterocycles. The lowest BCUT2D eigenvalue weighted by Gasteiger charge is -2.34. The number of carbonyl (C=O) groups is 2. The highest BCUT2D eigenvalue weighted by Gasteiger charge is 2.31. The molecule has 1 aromatic carbocycles. The van der Waals surface area contributed by atoms with Crippen LogP contribution in [0.3, 0.4) is 0 Å². The van der Waals surface area contributed by atoms with Gasteiger partial charge in [-0.2, -0.15) is 5.10 Å². The molecule has 1 saturated heterocycles. The normalized spacial score (nSPS) is 17.7. The number of likely N-dealkylation sites (tertiary alicyclic amines) is 1. The number of nitrogens with zero attached hydrogens (tertiary/aromatic N) is 4. The van der Waals surface area contributed by atoms with Gasteiger partial charge in [-0.25, -0.2) is 4.98 Å². The van der Waals surface area contributed by atoms with E-state index in [-0.39, 0.29) is 23.8 Å². The van der Waals surface area contributed by atoms with Gasteiger partial charge in [0.1, 0.15) is 0 Å². The zero-order valence-corrected chi connectivity index (χ0v) is 20.3. The molecular formula is C27H33N5O2. The van der Waals surface area contributed by atoms with Crippen molar-refractivity contribution in [3.8, 4) is 0 Å². The van der Waals surface area contributed by atoms with Crippen molar-refractivity contribution in [1.29, 1.82) is 0 Å². The standard InChI is InChI=1S/C27H33N5O2/c1-4-21(18-8-6-5-7-9-18)27(34)32-14-12-20(13-15-32)28-26(33)22-16-23(19-10-11-19)29-25-24(22)17(2)30-31(25)3/h5-9,16,19-21H,4,10-15H2,1-3H3,(H,28,33). The number of hydrogen-bond donors (Lipinski definition) is 1. The van der Waals surface area contributed by atoms with Crippen LogP contribution in [0.1, 0.15) is 78.2 Å². The lowest BCUT2D eigenvalue weighted by molar-refractivity contribution is -0.134. The van der Waals surface area contributed by atoms with Crippen LogP contribution in [0.15, 0.2) is 36.4 Å². The first kappa shape index (κ1) is 22.6. The summed E-state index contributed by atoms with van der Waals surface area (Å²) in [6.45, 7) is 5.32. The highest BCUT2D eigenvalue weighted by Crippen LogP contribution is 2.40. The lowest BCUT2D eigenvalue weighted by Crippen LogP contribution is -2.47. The van der Waals surface area contributed by atoms with Gasteiger partial charge in [-0.05, 0) is 50.7 Å². The predicted molar refractivity (Wildman–Crippen MR) is 132 cm³/mol. The van der Waals surface area contributed by atoms with E-state index in [9.17, 15) is 9.59 Å². The number of fused-ring (bicyclic) bond motifs is 1. The van der Waals surface area contributed by atoms with Crippen LogP contribution in [0.25, 0.3) is 11.0 Å². The molecule has 0 radical (unpaired) electrons. The average Bonchev–Trinajstić information content (AvgIpc) is 3.66. The molecule has 178 valence electrons. The summed E-state index contributed by atoms with van der Waals surface area (Å²) in [5, 5.41) is 8.59. The quantitative estimate of drug-likeness (QED) is 0.603. The van der Waals surface area contributed by atoms with Gasteiger partial charge >= 0.3 is 0 Å². The number of hydrogen-bond acceptors (Lipinski definition) is 4. The van der Waals surface area contributed by atoms with Crippen molar-refractivity contribution >= 4 is 22.8 Å². The first-order chi connectivity index (χ1) is 16.5. The van der Waals surface area contributed by atoms with Gasteiger partial charge in [0.25, 0.3) is 5.91 Å². The zero-order valence-electron chi connectivity index (χ0n) is 20.3. The Balaban J connectivity index is 1.27. The number of nitrogens with one attached hydrogen (secondary N) is 1. The summed E-state index contributed by atoms with van der Waals surface area (Å²) in [6, 6.07) is 12.0. The van der Waals surface area contributed by atoms with Gasteiger partial charge < -0.3 is 10.2 Å². The highest BCUT2D eigenvalue weighted by molar-refractivity contribution is 6.06. The maximum Gasteiger partial charge on any atom is 0.252 e. The zero-order chi connectivity index (χ0) is 23.8. The van der Waals surface area contributed by atoms with Crippen molar-refractivity contribution in [2.75, 3.05) is 13.1 Å². The second-order valence-corrected chi connectivity index (χ2v) is 9.72. The molecule has 5 rings (SSSR count). The molecular weight excluding hydrogens is 426 g/mol. The summed E-state index contributed by atoms with van der Waals surface area (Å²) in [7, 11) is 1.88. The minimum absolute atomic E-state index is 0.0536. The van der Waals surface area contributed by atoms with Crippen LogP contribution >= 0.6 is 0 Å². The number of pyridine rings is 1. The Hall–Kier alpha value is -3.22. The minimum atomic E-state index is -0.105. The molecule has 34 heavy (non-hydrogen) atoms. The summed E-state index contributed by atoms with van der Waals surface area (Å²) >= 11 is 0. The lowest BCUT2D eigenvalue weighted by atomic mass is 9.93. The number of aryl methyl sites for hydroxylation is 2. The van der Waals surface area contributed by atoms with E-state index in [4.69, 9.17) is 4.98 Å². The molecule has 7 nitrogen and oxygen atoms in total. The third-order valence-electron chi connectivity index (χ3n) is 7.28. The average molecular weight is 460 g/mol. The molecule has 1 unspecified atom stereocenters. The fraction of sp³-hybridized carbons (Fsp3) is 0.481. The maximum atomic E-state index is 13.4. The SMILES string of the molecule is CCC(C(=O)N1CCC(NC(=O)c2cc(C3CC3)nc3c2c(C)nn3C)CC1)c1ccccc1. The summed E-state index contributed by atoms with van der Waals surface area (Å²) in [4.78, 5) is 33.3. The van der Waals surface area contributed by atoms with Gasteiger partial charge in [0.2, 0.25) is 5.91 Å². The van der Waals surface area contributed by atoms with Crippen molar-refractivity contribution in [1.82, 2.24) is 25.0 Å². The molecule has 0 bridgehead atoms. The van der Waals surface area contributed by atoms with Crippen molar-refractivity contribution in [2.24, 2.45) is 7.05 Å². The van der Waals surface area contributed by atoms with Crippen molar-refractivity contribution in [3.63, 3.8) is 0 Å². The van der Waals surface area contributed by atoms with Crippen LogP contribution in [-0.2, 0) is 11.8 Å². The number of rotatable bonds is 6. The third kappa shape index (κ3) is 4.31. The largest absolute Gasteiger partial charge is 0.349 e. The second kappa shape index (κ2) is 9.20. The summed E-state index contributed by atoms with van der Waals surface area (Å²) in [5.41, 5.74) is 4.34. The molecule has 2 fully saturated rings. The van der Waals surface area contributed by atoms with E-state index >= 15 is 0 Å². The van der Waals surface area contributed by atoms with Crippen LogP contribution < -0.4 is 5.32 Å². The fourth-order valence-electron chi connectivity index (χ4n) is 5.20. The van der Waals surface area contributed by atoms with Crippen molar-refractivity contribution in [3.05, 3.63) is 58.9 Å². The third-order valence-corrected chi connectivity index (χ3v) is 7.28. The van der Waals surface area contributed by atoms with Crippen LogP contribution in [0.5, 0.6) is 0 Å². The van der Waals surface area contributed by atoms with Crippen molar-refractivity contribution in [2.45, 2.75) is 63.8 Å². The number of benzene rings is 1. The Labute approximate surface area is 200 Å². The first-order valence-electron chi connectivity index (χ1n) is 12.4. The van der Waals surface area contributed by atoms with Crippen LogP contribution in [0, 0.1) is 6.92 Å². The number of piperidine rings is 1. The van der Waals surface area contributed by atoms with E-state index < -0.39 is 0 Å². The summed E-state index contributed by atoms with van der Waals surface area (Å²) in [6.07, 6.45) is 4.57. The molecule has 7 heteroatoms. The van der Waals surface area contributed by atoms with Gasteiger partial charge in [-0.3, -0.25) is 14.3 Å². The van der Waals surface area contributed by atoms with Gasteiger partial charge in [0.05, 0.1) is 22.6 Å². The number of carbonyl (C=O) groups excluding carboxylic acids is 2. The molecule has 2 aromatic heterocycles. The first-order valence-corrected chi connectivity index (χ1v) is 12.4. The molecule has 1 saturated carbocycles. The molecule has 0 spiro atoms. The van der Waals surface area contributed by atoms with E-state index in [2.05, 4.69) is 17.3 Å². The van der Waals surface area contributed by atoms with E-state index in [1.54, 1.807) is 4.68 Å². The van der Waals surface area contributed by atoms with Crippen LogP contribution in [0.4, 0.5) is 0 Å². The summed E-state index contributed by atoms with van der Waals surface area (Å²) < 4.78 is 1.77. The van der Waals surface area contributed by atoms with Crippen LogP contribution in [-0.4, -0.2) is 50.6 Å². The van der Waals surface area contributed by atoms with Gasteiger partial charge in [0, 0.05) is 37.8 Å². The molecule has 2 aliphatic rings. The Morgan fingerprint density at radius 2 is 1.82 bits per heavy atom. The summed E-state index contributed by atoms with van der Waals surface area (Å²) in [5.74, 6) is 0.476. The topological polar surface area (TPSA) is 80.1 Å². The number of amides is 2. The minimum Gasteiger partial charge on any atom is -0.349 e. The second-order valence-electron chi connectivity index (χ2n) is 9.72. The van der Waals surface area contributed by atoms with E-state index in [1.165, 1.54) is 0 Å². The Bertz CT molecular complexity index is 1210. The van der Waals surface area contributed by atoms with Crippen LogP contribution in [0.2, 0.25) is 0 Å². The molecule has 2 amide bonds. The van der Waals surface area contributed by atoms with Crippen molar-refractivity contribution < 1.29 is 9.59 Å². The molecule has 3 aromatic rings. The van der Waals surface area contributed by atoms with Gasteiger partial charge in [0.15, 0.2) is 5.65 Å². The monoisotopic (exact) mass is 459 g/mol. The van der Waals surface area contributed by atoms with E-state index in [0.29, 0.717) is 24.6 Å².